The highest BCUT2D eigenvalue weighted by molar-refractivity contribution is 7.89. The maximum Gasteiger partial charge on any atom is 0.238 e. The highest BCUT2D eigenvalue weighted by Crippen LogP contribution is 2.20. The van der Waals surface area contributed by atoms with Gasteiger partial charge in [-0.05, 0) is 35.9 Å². The number of para-hydroxylation sites is 1. The standard InChI is InChI=1S/C20H22N4O2S/c21-27(25,26)18-8-5-16(6-9-18)15-23-11-13-24(14-12-23)20-10-7-17-3-1-2-4-19(17)22-20/h1-10H,11-15H2,(H2,21,25,26). The molecule has 1 fully saturated rings. The molecule has 2 heterocycles. The molecular weight excluding hydrogens is 360 g/mol. The number of sulfonamides is 1. The molecule has 1 aromatic heterocycles. The van der Waals surface area contributed by atoms with Crippen LogP contribution in [0, 0.1) is 0 Å². The molecule has 140 valence electrons. The zero-order valence-corrected chi connectivity index (χ0v) is 15.8. The van der Waals surface area contributed by atoms with E-state index in [0.29, 0.717) is 0 Å². The van der Waals surface area contributed by atoms with Crippen molar-refractivity contribution in [1.29, 1.82) is 0 Å². The van der Waals surface area contributed by atoms with Crippen molar-refractivity contribution in [2.45, 2.75) is 11.4 Å². The highest BCUT2D eigenvalue weighted by atomic mass is 32.2. The molecule has 0 radical (unpaired) electrons. The largest absolute Gasteiger partial charge is 0.354 e. The van der Waals surface area contributed by atoms with Crippen LogP contribution in [0.3, 0.4) is 0 Å². The summed E-state index contributed by atoms with van der Waals surface area (Å²) in [5.41, 5.74) is 2.10. The van der Waals surface area contributed by atoms with Crippen molar-refractivity contribution in [3.63, 3.8) is 0 Å². The van der Waals surface area contributed by atoms with Gasteiger partial charge in [0.1, 0.15) is 5.82 Å². The van der Waals surface area contributed by atoms with E-state index in [1.165, 1.54) is 0 Å². The number of benzene rings is 2. The van der Waals surface area contributed by atoms with Gasteiger partial charge in [-0.25, -0.2) is 18.5 Å². The van der Waals surface area contributed by atoms with Crippen molar-refractivity contribution in [3.8, 4) is 0 Å². The molecule has 2 N–H and O–H groups in total. The van der Waals surface area contributed by atoms with Crippen molar-refractivity contribution in [3.05, 3.63) is 66.2 Å². The first-order valence-electron chi connectivity index (χ1n) is 8.94. The minimum atomic E-state index is -3.63. The van der Waals surface area contributed by atoms with Crippen LogP contribution in [0.15, 0.2) is 65.6 Å². The molecule has 0 amide bonds. The van der Waals surface area contributed by atoms with E-state index >= 15 is 0 Å². The number of fused-ring (bicyclic) bond motifs is 1. The minimum absolute atomic E-state index is 0.151. The second-order valence-electron chi connectivity index (χ2n) is 6.81. The van der Waals surface area contributed by atoms with Crippen molar-refractivity contribution >= 4 is 26.7 Å². The molecule has 1 saturated heterocycles. The number of piperazine rings is 1. The van der Waals surface area contributed by atoms with Crippen LogP contribution in [-0.4, -0.2) is 44.5 Å². The number of primary sulfonamides is 1. The summed E-state index contributed by atoms with van der Waals surface area (Å²) in [6.45, 7) is 4.50. The normalized spacial score (nSPS) is 16.0. The average Bonchev–Trinajstić information content (AvgIpc) is 2.68. The predicted octanol–water partition coefficient (Wildman–Crippen LogP) is 2.20. The Bertz CT molecular complexity index is 1040. The Morgan fingerprint density at radius 3 is 2.30 bits per heavy atom. The summed E-state index contributed by atoms with van der Waals surface area (Å²) in [5, 5.41) is 6.30. The van der Waals surface area contributed by atoms with Crippen LogP contribution in [-0.2, 0) is 16.6 Å². The molecule has 6 nitrogen and oxygen atoms in total. The van der Waals surface area contributed by atoms with Gasteiger partial charge in [-0.3, -0.25) is 4.90 Å². The van der Waals surface area contributed by atoms with Gasteiger partial charge in [0, 0.05) is 38.1 Å². The van der Waals surface area contributed by atoms with Crippen LogP contribution in [0.1, 0.15) is 5.56 Å². The molecule has 2 aromatic carbocycles. The summed E-state index contributed by atoms with van der Waals surface area (Å²) >= 11 is 0. The molecule has 0 aliphatic carbocycles. The topological polar surface area (TPSA) is 79.5 Å². The van der Waals surface area contributed by atoms with Gasteiger partial charge in [0.15, 0.2) is 0 Å². The van der Waals surface area contributed by atoms with Crippen molar-refractivity contribution in [2.24, 2.45) is 5.14 Å². The lowest BCUT2D eigenvalue weighted by Gasteiger charge is -2.35. The van der Waals surface area contributed by atoms with Crippen LogP contribution < -0.4 is 10.0 Å². The molecule has 4 rings (SSSR count). The van der Waals surface area contributed by atoms with Gasteiger partial charge >= 0.3 is 0 Å². The summed E-state index contributed by atoms with van der Waals surface area (Å²) in [6, 6.07) is 19.2. The molecule has 0 spiro atoms. The molecule has 1 aliphatic rings. The second kappa shape index (κ2) is 7.26. The third-order valence-corrected chi connectivity index (χ3v) is 5.87. The maximum atomic E-state index is 11.3. The van der Waals surface area contributed by atoms with Gasteiger partial charge < -0.3 is 4.90 Å². The first-order valence-corrected chi connectivity index (χ1v) is 10.5. The van der Waals surface area contributed by atoms with Crippen molar-refractivity contribution in [1.82, 2.24) is 9.88 Å². The molecule has 0 atom stereocenters. The minimum Gasteiger partial charge on any atom is -0.354 e. The van der Waals surface area contributed by atoms with E-state index in [4.69, 9.17) is 10.1 Å². The zero-order valence-electron chi connectivity index (χ0n) is 15.0. The van der Waals surface area contributed by atoms with Gasteiger partial charge in [-0.1, -0.05) is 30.3 Å². The lowest BCUT2D eigenvalue weighted by Crippen LogP contribution is -2.46. The van der Waals surface area contributed by atoms with E-state index in [1.54, 1.807) is 12.1 Å². The quantitative estimate of drug-likeness (QED) is 0.748. The number of hydrogen-bond acceptors (Lipinski definition) is 5. The summed E-state index contributed by atoms with van der Waals surface area (Å²) in [7, 11) is -3.63. The predicted molar refractivity (Wildman–Crippen MR) is 107 cm³/mol. The van der Waals surface area contributed by atoms with E-state index in [1.807, 2.05) is 30.3 Å². The third kappa shape index (κ3) is 4.10. The lowest BCUT2D eigenvalue weighted by molar-refractivity contribution is 0.249. The molecule has 27 heavy (non-hydrogen) atoms. The Balaban J connectivity index is 1.38. The number of pyridine rings is 1. The fourth-order valence-electron chi connectivity index (χ4n) is 3.41. The van der Waals surface area contributed by atoms with E-state index in [9.17, 15) is 8.42 Å². The Morgan fingerprint density at radius 1 is 0.889 bits per heavy atom. The van der Waals surface area contributed by atoms with Gasteiger partial charge in [-0.15, -0.1) is 0 Å². The molecule has 7 heteroatoms. The fraction of sp³-hybridized carbons (Fsp3) is 0.250. The van der Waals surface area contributed by atoms with Crippen molar-refractivity contribution < 1.29 is 8.42 Å². The number of anilines is 1. The lowest BCUT2D eigenvalue weighted by atomic mass is 10.2. The summed E-state index contributed by atoms with van der Waals surface area (Å²) in [4.78, 5) is 9.61. The molecule has 3 aromatic rings. The smallest absolute Gasteiger partial charge is 0.238 e. The second-order valence-corrected chi connectivity index (χ2v) is 8.38. The number of rotatable bonds is 4. The fourth-order valence-corrected chi connectivity index (χ4v) is 3.92. The molecular formula is C20H22N4O2S. The number of nitrogens with zero attached hydrogens (tertiary/aromatic N) is 3. The average molecular weight is 382 g/mol. The highest BCUT2D eigenvalue weighted by Gasteiger charge is 2.18. The van der Waals surface area contributed by atoms with Crippen LogP contribution >= 0.6 is 0 Å². The van der Waals surface area contributed by atoms with E-state index < -0.39 is 10.0 Å². The van der Waals surface area contributed by atoms with Crippen molar-refractivity contribution in [2.75, 3.05) is 31.1 Å². The number of hydrogen-bond donors (Lipinski definition) is 1. The van der Waals surface area contributed by atoms with Gasteiger partial charge in [0.05, 0.1) is 10.4 Å². The zero-order chi connectivity index (χ0) is 18.9. The monoisotopic (exact) mass is 382 g/mol. The van der Waals surface area contributed by atoms with Crippen LogP contribution in [0.4, 0.5) is 5.82 Å². The SMILES string of the molecule is NS(=O)(=O)c1ccc(CN2CCN(c3ccc4ccccc4n3)CC2)cc1. The van der Waals surface area contributed by atoms with E-state index in [2.05, 4.69) is 28.0 Å². The van der Waals surface area contributed by atoms with Crippen LogP contribution in [0.2, 0.25) is 0 Å². The van der Waals surface area contributed by atoms with E-state index in [-0.39, 0.29) is 4.90 Å². The van der Waals surface area contributed by atoms with Crippen LogP contribution in [0.25, 0.3) is 10.9 Å². The summed E-state index contributed by atoms with van der Waals surface area (Å²) in [5.74, 6) is 1.02. The first kappa shape index (κ1) is 17.9. The van der Waals surface area contributed by atoms with Gasteiger partial charge in [0.2, 0.25) is 10.0 Å². The Kier molecular flexibility index (Phi) is 4.82. The molecule has 0 unspecified atom stereocenters. The summed E-state index contributed by atoms with van der Waals surface area (Å²) < 4.78 is 22.7. The Hall–Kier alpha value is -2.48. The Morgan fingerprint density at radius 2 is 1.59 bits per heavy atom. The summed E-state index contributed by atoms with van der Waals surface area (Å²) in [6.07, 6.45) is 0. The van der Waals surface area contributed by atoms with E-state index in [0.717, 1.165) is 55.0 Å². The third-order valence-electron chi connectivity index (χ3n) is 4.94. The maximum absolute atomic E-state index is 11.3. The Labute approximate surface area is 159 Å². The van der Waals surface area contributed by atoms with Gasteiger partial charge in [-0.2, -0.15) is 0 Å². The van der Waals surface area contributed by atoms with Crippen LogP contribution in [0.5, 0.6) is 0 Å². The first-order chi connectivity index (χ1) is 13.0. The van der Waals surface area contributed by atoms with Gasteiger partial charge in [0.25, 0.3) is 0 Å². The molecule has 0 saturated carbocycles. The number of aromatic nitrogens is 1. The molecule has 1 aliphatic heterocycles. The molecule has 0 bridgehead atoms. The number of nitrogens with two attached hydrogens (primary N) is 1.